The van der Waals surface area contributed by atoms with Crippen LogP contribution in [0.5, 0.6) is 0 Å². The Balaban J connectivity index is 1.59. The summed E-state index contributed by atoms with van der Waals surface area (Å²) in [5.74, 6) is 0.127. The van der Waals surface area contributed by atoms with E-state index in [2.05, 4.69) is 10.2 Å². The van der Waals surface area contributed by atoms with Gasteiger partial charge in [-0.3, -0.25) is 9.59 Å². The minimum Gasteiger partial charge on any atom is -0.391 e. The second-order valence-electron chi connectivity index (χ2n) is 7.08. The molecule has 2 amide bonds. The van der Waals surface area contributed by atoms with Crippen LogP contribution in [-0.4, -0.2) is 60.6 Å². The van der Waals surface area contributed by atoms with Crippen molar-refractivity contribution in [3.63, 3.8) is 0 Å². The maximum absolute atomic E-state index is 12.7. The van der Waals surface area contributed by atoms with Gasteiger partial charge in [0, 0.05) is 31.9 Å². The highest BCUT2D eigenvalue weighted by Gasteiger charge is 2.45. The average Bonchev–Trinajstić information content (AvgIpc) is 2.64. The van der Waals surface area contributed by atoms with Crippen molar-refractivity contribution in [1.29, 1.82) is 0 Å². The van der Waals surface area contributed by atoms with Gasteiger partial charge in [-0.2, -0.15) is 0 Å². The summed E-state index contributed by atoms with van der Waals surface area (Å²) in [6.07, 6.45) is 1.28. The number of nitrogens with one attached hydrogen (secondary N) is 1. The molecule has 1 aromatic carbocycles. The fourth-order valence-corrected chi connectivity index (χ4v) is 3.92. The lowest BCUT2D eigenvalue weighted by Gasteiger charge is -2.44. The summed E-state index contributed by atoms with van der Waals surface area (Å²) >= 11 is 0. The molecule has 2 N–H and O–H groups in total. The van der Waals surface area contributed by atoms with Crippen LogP contribution in [0.1, 0.15) is 26.2 Å². The molecule has 0 radical (unpaired) electrons. The molecule has 1 unspecified atom stereocenters. The Hall–Kier alpha value is -2.08. The molecule has 1 atom stereocenters. The maximum Gasteiger partial charge on any atom is 0.242 e. The number of carbonyl (C=O) groups excluding carboxylic acids is 2. The quantitative estimate of drug-likeness (QED) is 0.854. The number of hydrogen-bond donors (Lipinski definition) is 2. The van der Waals surface area contributed by atoms with Gasteiger partial charge in [-0.1, -0.05) is 18.2 Å². The van der Waals surface area contributed by atoms with E-state index >= 15 is 0 Å². The molecular weight excluding hydrogens is 318 g/mol. The van der Waals surface area contributed by atoms with E-state index in [-0.39, 0.29) is 11.8 Å². The van der Waals surface area contributed by atoms with Crippen molar-refractivity contribution in [2.45, 2.75) is 32.3 Å². The maximum atomic E-state index is 12.7. The number of aliphatic hydroxyl groups excluding tert-OH is 1. The first-order valence-corrected chi connectivity index (χ1v) is 9.08. The molecule has 2 fully saturated rings. The summed E-state index contributed by atoms with van der Waals surface area (Å²) < 4.78 is 0. The summed E-state index contributed by atoms with van der Waals surface area (Å²) in [4.78, 5) is 28.9. The van der Waals surface area contributed by atoms with Crippen molar-refractivity contribution in [3.05, 3.63) is 30.3 Å². The van der Waals surface area contributed by atoms with Gasteiger partial charge in [-0.05, 0) is 38.3 Å². The summed E-state index contributed by atoms with van der Waals surface area (Å²) in [5, 5.41) is 12.7. The number of β-amino-alcohol motifs (C(OH)–C–C–N with tert-alkyl or cyclic N) is 1. The number of anilines is 1. The molecule has 25 heavy (non-hydrogen) atoms. The van der Waals surface area contributed by atoms with E-state index in [1.807, 2.05) is 42.2 Å². The largest absolute Gasteiger partial charge is 0.391 e. The number of amides is 2. The second-order valence-corrected chi connectivity index (χ2v) is 7.08. The van der Waals surface area contributed by atoms with E-state index < -0.39 is 11.5 Å². The van der Waals surface area contributed by atoms with Crippen LogP contribution in [0, 0.1) is 5.41 Å². The van der Waals surface area contributed by atoms with Crippen molar-refractivity contribution in [2.75, 3.05) is 37.6 Å². The molecule has 6 nitrogen and oxygen atoms in total. The van der Waals surface area contributed by atoms with Gasteiger partial charge in [0.1, 0.15) is 0 Å². The third kappa shape index (κ3) is 3.79. The number of benzene rings is 1. The third-order valence-corrected chi connectivity index (χ3v) is 5.51. The van der Waals surface area contributed by atoms with E-state index in [1.165, 1.54) is 0 Å². The highest BCUT2D eigenvalue weighted by Crippen LogP contribution is 2.38. The van der Waals surface area contributed by atoms with Gasteiger partial charge in [0.25, 0.3) is 0 Å². The number of likely N-dealkylation sites (N-methyl/N-ethyl adjacent to an activating group) is 1. The van der Waals surface area contributed by atoms with E-state index in [0.717, 1.165) is 12.2 Å². The van der Waals surface area contributed by atoms with Crippen molar-refractivity contribution in [2.24, 2.45) is 5.41 Å². The first-order valence-electron chi connectivity index (χ1n) is 9.08. The fraction of sp³-hybridized carbons (Fsp3) is 0.579. The number of carbonyl (C=O) groups is 2. The average molecular weight is 345 g/mol. The van der Waals surface area contributed by atoms with Crippen LogP contribution in [-0.2, 0) is 9.59 Å². The SMILES string of the molecule is CCN(CC(=O)N1CCC2(CC1)CC(O)CNC2=O)c1ccccc1. The van der Waals surface area contributed by atoms with Crippen molar-refractivity contribution >= 4 is 17.5 Å². The predicted molar refractivity (Wildman–Crippen MR) is 96.2 cm³/mol. The van der Waals surface area contributed by atoms with Gasteiger partial charge < -0.3 is 20.2 Å². The molecular formula is C19H27N3O3. The predicted octanol–water partition coefficient (Wildman–Crippen LogP) is 1.00. The number of aliphatic hydroxyl groups is 1. The van der Waals surface area contributed by atoms with Crippen LogP contribution in [0.4, 0.5) is 5.69 Å². The molecule has 6 heteroatoms. The summed E-state index contributed by atoms with van der Waals surface area (Å²) in [6, 6.07) is 9.93. The summed E-state index contributed by atoms with van der Waals surface area (Å²) in [6.45, 7) is 4.64. The Morgan fingerprint density at radius 3 is 2.64 bits per heavy atom. The normalized spacial score (nSPS) is 22.6. The minimum atomic E-state index is -0.502. The van der Waals surface area contributed by atoms with Crippen LogP contribution in [0.15, 0.2) is 30.3 Å². The topological polar surface area (TPSA) is 72.9 Å². The Labute approximate surface area is 148 Å². The number of hydrogen-bond acceptors (Lipinski definition) is 4. The number of piperidine rings is 2. The highest BCUT2D eigenvalue weighted by atomic mass is 16.3. The van der Waals surface area contributed by atoms with Crippen LogP contribution in [0.25, 0.3) is 0 Å². The lowest BCUT2D eigenvalue weighted by molar-refractivity contribution is -0.145. The molecule has 3 rings (SSSR count). The third-order valence-electron chi connectivity index (χ3n) is 5.51. The van der Waals surface area contributed by atoms with Crippen LogP contribution < -0.4 is 10.2 Å². The second kappa shape index (κ2) is 7.44. The monoisotopic (exact) mass is 345 g/mol. The van der Waals surface area contributed by atoms with E-state index in [9.17, 15) is 14.7 Å². The summed E-state index contributed by atoms with van der Waals surface area (Å²) in [7, 11) is 0. The summed E-state index contributed by atoms with van der Waals surface area (Å²) in [5.41, 5.74) is 0.541. The van der Waals surface area contributed by atoms with Gasteiger partial charge in [-0.15, -0.1) is 0 Å². The van der Waals surface area contributed by atoms with Crippen molar-refractivity contribution in [3.8, 4) is 0 Å². The fourth-order valence-electron chi connectivity index (χ4n) is 3.92. The molecule has 0 bridgehead atoms. The lowest BCUT2D eigenvalue weighted by atomic mass is 9.71. The molecule has 2 aliphatic heterocycles. The van der Waals surface area contributed by atoms with E-state index in [4.69, 9.17) is 0 Å². The van der Waals surface area contributed by atoms with Gasteiger partial charge in [0.15, 0.2) is 0 Å². The van der Waals surface area contributed by atoms with Crippen molar-refractivity contribution < 1.29 is 14.7 Å². The number of likely N-dealkylation sites (tertiary alicyclic amines) is 1. The van der Waals surface area contributed by atoms with E-state index in [0.29, 0.717) is 45.4 Å². The van der Waals surface area contributed by atoms with Crippen LogP contribution in [0.2, 0.25) is 0 Å². The molecule has 2 aliphatic rings. The first kappa shape index (κ1) is 17.7. The highest BCUT2D eigenvalue weighted by molar-refractivity contribution is 5.85. The Bertz CT molecular complexity index is 612. The zero-order valence-electron chi connectivity index (χ0n) is 14.8. The van der Waals surface area contributed by atoms with Gasteiger partial charge in [0.2, 0.25) is 11.8 Å². The zero-order chi connectivity index (χ0) is 17.9. The smallest absolute Gasteiger partial charge is 0.242 e. The van der Waals surface area contributed by atoms with E-state index in [1.54, 1.807) is 0 Å². The van der Waals surface area contributed by atoms with Crippen LogP contribution in [0.3, 0.4) is 0 Å². The molecule has 2 heterocycles. The lowest BCUT2D eigenvalue weighted by Crippen LogP contribution is -2.57. The first-order chi connectivity index (χ1) is 12.0. The Morgan fingerprint density at radius 1 is 1.32 bits per heavy atom. The van der Waals surface area contributed by atoms with Gasteiger partial charge in [0.05, 0.1) is 18.1 Å². The number of nitrogens with zero attached hydrogens (tertiary/aromatic N) is 2. The molecule has 0 saturated carbocycles. The molecule has 1 aromatic rings. The molecule has 0 aliphatic carbocycles. The van der Waals surface area contributed by atoms with Crippen molar-refractivity contribution in [1.82, 2.24) is 10.2 Å². The Kier molecular flexibility index (Phi) is 5.27. The number of rotatable bonds is 4. The molecule has 2 saturated heterocycles. The molecule has 0 aromatic heterocycles. The van der Waals surface area contributed by atoms with Crippen LogP contribution >= 0.6 is 0 Å². The minimum absolute atomic E-state index is 0.0318. The Morgan fingerprint density at radius 2 is 2.00 bits per heavy atom. The van der Waals surface area contributed by atoms with Gasteiger partial charge in [-0.25, -0.2) is 0 Å². The molecule has 1 spiro atoms. The zero-order valence-corrected chi connectivity index (χ0v) is 14.8. The standard InChI is InChI=1S/C19H27N3O3/c1-2-21(15-6-4-3-5-7-15)14-17(24)22-10-8-19(9-11-22)12-16(23)13-20-18(19)25/h3-7,16,23H,2,8-14H2,1H3,(H,20,25). The molecule has 136 valence electrons. The van der Waals surface area contributed by atoms with Gasteiger partial charge >= 0.3 is 0 Å². The number of para-hydroxylation sites is 1.